The Balaban J connectivity index is 2.10. The fourth-order valence-corrected chi connectivity index (χ4v) is 1.74. The number of aliphatic hydroxyl groups is 1. The standard InChI is InChI=1S/C12H15FO/c1-12(6-7-12)8-11(14)9-4-2-3-5-10(9)13/h2-5,11,14H,6-8H2,1H3. The smallest absolute Gasteiger partial charge is 0.128 e. The minimum atomic E-state index is -0.649. The molecule has 1 fully saturated rings. The molecule has 0 radical (unpaired) electrons. The van der Waals surface area contributed by atoms with Crippen LogP contribution < -0.4 is 0 Å². The predicted molar refractivity (Wildman–Crippen MR) is 53.3 cm³/mol. The molecule has 1 unspecified atom stereocenters. The van der Waals surface area contributed by atoms with Crippen LogP contribution in [-0.2, 0) is 0 Å². The van der Waals surface area contributed by atoms with Gasteiger partial charge >= 0.3 is 0 Å². The summed E-state index contributed by atoms with van der Waals surface area (Å²) < 4.78 is 13.3. The van der Waals surface area contributed by atoms with Crippen molar-refractivity contribution in [3.05, 3.63) is 35.6 Å². The lowest BCUT2D eigenvalue weighted by molar-refractivity contribution is 0.138. The van der Waals surface area contributed by atoms with Gasteiger partial charge in [0.15, 0.2) is 0 Å². The molecule has 0 aliphatic heterocycles. The van der Waals surface area contributed by atoms with Crippen LogP contribution in [0.3, 0.4) is 0 Å². The highest BCUT2D eigenvalue weighted by Crippen LogP contribution is 2.51. The molecular weight excluding hydrogens is 179 g/mol. The summed E-state index contributed by atoms with van der Waals surface area (Å²) in [6.45, 7) is 2.14. The molecule has 1 aliphatic rings. The van der Waals surface area contributed by atoms with Gasteiger partial charge in [0, 0.05) is 5.56 Å². The van der Waals surface area contributed by atoms with Crippen LogP contribution in [0.2, 0.25) is 0 Å². The lowest BCUT2D eigenvalue weighted by Crippen LogP contribution is -2.06. The van der Waals surface area contributed by atoms with Gasteiger partial charge in [-0.25, -0.2) is 4.39 Å². The normalized spacial score (nSPS) is 20.5. The van der Waals surface area contributed by atoms with E-state index in [4.69, 9.17) is 0 Å². The van der Waals surface area contributed by atoms with Gasteiger partial charge in [0.25, 0.3) is 0 Å². The van der Waals surface area contributed by atoms with Crippen LogP contribution >= 0.6 is 0 Å². The van der Waals surface area contributed by atoms with Gasteiger partial charge < -0.3 is 5.11 Å². The number of hydrogen-bond acceptors (Lipinski definition) is 1. The fraction of sp³-hybridized carbons (Fsp3) is 0.500. The zero-order valence-electron chi connectivity index (χ0n) is 8.33. The number of rotatable bonds is 3. The summed E-state index contributed by atoms with van der Waals surface area (Å²) in [5.41, 5.74) is 0.683. The Morgan fingerprint density at radius 3 is 2.64 bits per heavy atom. The average molecular weight is 194 g/mol. The van der Waals surface area contributed by atoms with E-state index in [2.05, 4.69) is 6.92 Å². The van der Waals surface area contributed by atoms with Crippen molar-refractivity contribution in [1.29, 1.82) is 0 Å². The van der Waals surface area contributed by atoms with Crippen molar-refractivity contribution in [3.8, 4) is 0 Å². The van der Waals surface area contributed by atoms with Crippen molar-refractivity contribution in [2.24, 2.45) is 5.41 Å². The highest BCUT2D eigenvalue weighted by molar-refractivity contribution is 5.20. The highest BCUT2D eigenvalue weighted by Gasteiger charge is 2.39. The molecule has 2 rings (SSSR count). The summed E-state index contributed by atoms with van der Waals surface area (Å²) in [7, 11) is 0. The third-order valence-corrected chi connectivity index (χ3v) is 3.05. The van der Waals surface area contributed by atoms with Crippen molar-refractivity contribution >= 4 is 0 Å². The van der Waals surface area contributed by atoms with E-state index in [1.165, 1.54) is 6.07 Å². The van der Waals surface area contributed by atoms with E-state index < -0.39 is 6.10 Å². The molecule has 0 spiro atoms. The van der Waals surface area contributed by atoms with Crippen LogP contribution in [0.4, 0.5) is 4.39 Å². The highest BCUT2D eigenvalue weighted by atomic mass is 19.1. The maximum absolute atomic E-state index is 13.3. The van der Waals surface area contributed by atoms with E-state index in [-0.39, 0.29) is 11.2 Å². The van der Waals surface area contributed by atoms with Crippen molar-refractivity contribution in [1.82, 2.24) is 0 Å². The van der Waals surface area contributed by atoms with E-state index in [1.807, 2.05) is 0 Å². The average Bonchev–Trinajstić information content (AvgIpc) is 2.84. The number of halogens is 1. The lowest BCUT2D eigenvalue weighted by atomic mass is 9.96. The summed E-state index contributed by atoms with van der Waals surface area (Å²) >= 11 is 0. The van der Waals surface area contributed by atoms with Gasteiger partial charge in [0.05, 0.1) is 6.10 Å². The monoisotopic (exact) mass is 194 g/mol. The molecular formula is C12H15FO. The van der Waals surface area contributed by atoms with Gasteiger partial charge in [-0.15, -0.1) is 0 Å². The molecule has 1 aliphatic carbocycles. The molecule has 1 saturated carbocycles. The zero-order chi connectivity index (χ0) is 10.2. The van der Waals surface area contributed by atoms with Gasteiger partial charge in [0.1, 0.15) is 5.82 Å². The summed E-state index contributed by atoms with van der Waals surface area (Å²) in [6.07, 6.45) is 2.33. The van der Waals surface area contributed by atoms with Gasteiger partial charge in [-0.3, -0.25) is 0 Å². The first-order valence-corrected chi connectivity index (χ1v) is 5.03. The van der Waals surface area contributed by atoms with Crippen molar-refractivity contribution < 1.29 is 9.50 Å². The summed E-state index contributed by atoms with van der Waals surface area (Å²) in [5, 5.41) is 9.84. The third-order valence-electron chi connectivity index (χ3n) is 3.05. The Kier molecular flexibility index (Phi) is 2.31. The van der Waals surface area contributed by atoms with E-state index in [1.54, 1.807) is 18.2 Å². The molecule has 0 bridgehead atoms. The molecule has 1 atom stereocenters. The molecule has 0 heterocycles. The maximum Gasteiger partial charge on any atom is 0.128 e. The number of benzene rings is 1. The summed E-state index contributed by atoms with van der Waals surface area (Å²) in [5.74, 6) is -0.302. The topological polar surface area (TPSA) is 20.2 Å². The summed E-state index contributed by atoms with van der Waals surface area (Å²) in [4.78, 5) is 0. The van der Waals surface area contributed by atoms with Crippen LogP contribution in [0.1, 0.15) is 37.9 Å². The van der Waals surface area contributed by atoms with Crippen molar-refractivity contribution in [3.63, 3.8) is 0 Å². The van der Waals surface area contributed by atoms with Crippen LogP contribution in [0.15, 0.2) is 24.3 Å². The largest absolute Gasteiger partial charge is 0.388 e. The second kappa shape index (κ2) is 3.35. The maximum atomic E-state index is 13.3. The van der Waals surface area contributed by atoms with Crippen LogP contribution in [0, 0.1) is 11.2 Å². The van der Waals surface area contributed by atoms with Crippen molar-refractivity contribution in [2.75, 3.05) is 0 Å². The Morgan fingerprint density at radius 1 is 1.43 bits per heavy atom. The molecule has 1 aromatic rings. The van der Waals surface area contributed by atoms with E-state index in [0.717, 1.165) is 12.8 Å². The molecule has 1 N–H and O–H groups in total. The lowest BCUT2D eigenvalue weighted by Gasteiger charge is -2.15. The first kappa shape index (κ1) is 9.66. The van der Waals surface area contributed by atoms with E-state index >= 15 is 0 Å². The molecule has 1 nitrogen and oxygen atoms in total. The second-order valence-electron chi connectivity index (χ2n) is 4.55. The van der Waals surface area contributed by atoms with Crippen LogP contribution in [-0.4, -0.2) is 5.11 Å². The first-order valence-electron chi connectivity index (χ1n) is 5.03. The predicted octanol–water partition coefficient (Wildman–Crippen LogP) is 3.05. The number of hydrogen-bond donors (Lipinski definition) is 1. The number of aliphatic hydroxyl groups excluding tert-OH is 1. The zero-order valence-corrected chi connectivity index (χ0v) is 8.33. The fourth-order valence-electron chi connectivity index (χ4n) is 1.74. The minimum Gasteiger partial charge on any atom is -0.388 e. The second-order valence-corrected chi connectivity index (χ2v) is 4.55. The molecule has 2 heteroatoms. The third kappa shape index (κ3) is 1.95. The van der Waals surface area contributed by atoms with Gasteiger partial charge in [-0.1, -0.05) is 25.1 Å². The van der Waals surface area contributed by atoms with E-state index in [0.29, 0.717) is 12.0 Å². The Bertz CT molecular complexity index is 331. The molecule has 0 amide bonds. The van der Waals surface area contributed by atoms with Crippen LogP contribution in [0.5, 0.6) is 0 Å². The Labute approximate surface area is 83.6 Å². The Hall–Kier alpha value is -0.890. The van der Waals surface area contributed by atoms with E-state index in [9.17, 15) is 9.50 Å². The van der Waals surface area contributed by atoms with Gasteiger partial charge in [-0.2, -0.15) is 0 Å². The molecule has 1 aromatic carbocycles. The molecule has 0 saturated heterocycles. The van der Waals surface area contributed by atoms with Crippen LogP contribution in [0.25, 0.3) is 0 Å². The first-order chi connectivity index (χ1) is 6.61. The molecule has 0 aromatic heterocycles. The SMILES string of the molecule is CC1(CC(O)c2ccccc2F)CC1. The van der Waals surface area contributed by atoms with Crippen molar-refractivity contribution in [2.45, 2.75) is 32.3 Å². The summed E-state index contributed by atoms with van der Waals surface area (Å²) in [6, 6.07) is 6.46. The van der Waals surface area contributed by atoms with Gasteiger partial charge in [-0.05, 0) is 30.7 Å². The minimum absolute atomic E-state index is 0.252. The quantitative estimate of drug-likeness (QED) is 0.784. The molecule has 76 valence electrons. The van der Waals surface area contributed by atoms with Gasteiger partial charge in [0.2, 0.25) is 0 Å². The molecule has 14 heavy (non-hydrogen) atoms. The Morgan fingerprint density at radius 2 is 2.07 bits per heavy atom.